The Kier molecular flexibility index (Phi) is 9.91. The third kappa shape index (κ3) is 6.58. The van der Waals surface area contributed by atoms with Crippen molar-refractivity contribution in [3.05, 3.63) is 69.4 Å². The van der Waals surface area contributed by atoms with Crippen LogP contribution >= 0.6 is 11.3 Å². The van der Waals surface area contributed by atoms with Gasteiger partial charge in [0.25, 0.3) is 0 Å². The lowest BCUT2D eigenvalue weighted by atomic mass is 9.86. The quantitative estimate of drug-likeness (QED) is 0.198. The highest BCUT2D eigenvalue weighted by Crippen LogP contribution is 2.55. The van der Waals surface area contributed by atoms with Crippen molar-refractivity contribution in [2.75, 3.05) is 0 Å². The van der Waals surface area contributed by atoms with Gasteiger partial charge in [-0.1, -0.05) is 25.1 Å². The molecule has 0 unspecified atom stereocenters. The lowest BCUT2D eigenvalue weighted by Crippen LogP contribution is -2.69. The molecule has 0 aliphatic carbocycles. The van der Waals surface area contributed by atoms with Gasteiger partial charge in [0.2, 0.25) is 5.60 Å². The van der Waals surface area contributed by atoms with E-state index in [0.29, 0.717) is 26.6 Å². The number of hydrogen-bond acceptors (Lipinski definition) is 5. The third-order valence-corrected chi connectivity index (χ3v) is 6.70. The second kappa shape index (κ2) is 11.9. The summed E-state index contributed by atoms with van der Waals surface area (Å²) in [5.74, 6) is -13.4. The average molecular weight is 596 g/mol. The van der Waals surface area contributed by atoms with E-state index in [4.69, 9.17) is 4.74 Å². The number of rotatable bonds is 11. The minimum atomic E-state index is -6.93. The van der Waals surface area contributed by atoms with Crippen LogP contribution in [0.5, 0.6) is 5.75 Å². The zero-order valence-electron chi connectivity index (χ0n) is 19.9. The molecule has 1 aromatic carbocycles. The lowest BCUT2D eigenvalue weighted by molar-refractivity contribution is -0.409. The number of thiophene rings is 1. The molecule has 0 saturated carbocycles. The van der Waals surface area contributed by atoms with Gasteiger partial charge >= 0.3 is 24.2 Å². The third-order valence-electron chi connectivity index (χ3n) is 5.56. The Bertz CT molecular complexity index is 1160. The maximum absolute atomic E-state index is 13.8. The van der Waals surface area contributed by atoms with E-state index in [-0.39, 0.29) is 37.9 Å². The Balaban J connectivity index is 2.33. The monoisotopic (exact) mass is 596 g/mol. The van der Waals surface area contributed by atoms with Crippen molar-refractivity contribution in [3.8, 4) is 5.75 Å². The standard InChI is InChI=1S/C24H22F10O4S/c1-2-14(4-3-9-20(37,21(25,26)23(29,30)31)22(27,28)24(32,33)34)19-8-7-18(39-19)13-38-17-6-5-15(11-35)16(10-17)12-36/h3-10,35-37H,2,11-13H2,1H3/b9-3+,14-4+. The van der Waals surface area contributed by atoms with Crippen LogP contribution in [0.15, 0.2) is 48.6 Å². The highest BCUT2D eigenvalue weighted by atomic mass is 32.1. The number of allylic oxidation sites excluding steroid dienone is 3. The highest BCUT2D eigenvalue weighted by Gasteiger charge is 2.83. The average Bonchev–Trinajstić information content (AvgIpc) is 3.32. The molecule has 4 nitrogen and oxygen atoms in total. The fraction of sp³-hybridized carbons (Fsp3) is 0.417. The second-order valence-electron chi connectivity index (χ2n) is 8.12. The number of benzene rings is 1. The maximum Gasteiger partial charge on any atom is 0.457 e. The lowest BCUT2D eigenvalue weighted by Gasteiger charge is -2.40. The number of alkyl halides is 10. The molecule has 15 heteroatoms. The Morgan fingerprint density at radius 2 is 1.41 bits per heavy atom. The SMILES string of the molecule is CC/C(=C\C=C\C(O)(C(F)(F)C(F)(F)F)C(F)(F)C(F)(F)F)c1ccc(COc2ccc(CO)c(CO)c2)s1. The fourth-order valence-corrected chi connectivity index (χ4v) is 4.31. The molecule has 2 rings (SSSR count). The zero-order valence-corrected chi connectivity index (χ0v) is 20.7. The van der Waals surface area contributed by atoms with Gasteiger partial charge in [0.05, 0.1) is 13.2 Å². The van der Waals surface area contributed by atoms with Crippen molar-refractivity contribution in [3.63, 3.8) is 0 Å². The normalized spacial score (nSPS) is 14.4. The van der Waals surface area contributed by atoms with Crippen molar-refractivity contribution < 1.29 is 64.0 Å². The van der Waals surface area contributed by atoms with Crippen LogP contribution in [-0.4, -0.2) is 45.1 Å². The zero-order chi connectivity index (χ0) is 29.9. The van der Waals surface area contributed by atoms with Gasteiger partial charge in [-0.25, -0.2) is 0 Å². The summed E-state index contributed by atoms with van der Waals surface area (Å²) in [7, 11) is 0. The fourth-order valence-electron chi connectivity index (χ4n) is 3.29. The van der Waals surface area contributed by atoms with E-state index in [1.54, 1.807) is 6.07 Å². The first-order valence-corrected chi connectivity index (χ1v) is 11.7. The molecule has 0 bridgehead atoms. The van der Waals surface area contributed by atoms with Crippen LogP contribution in [0, 0.1) is 0 Å². The van der Waals surface area contributed by atoms with Gasteiger partial charge in [0.15, 0.2) is 0 Å². The molecular weight excluding hydrogens is 574 g/mol. The van der Waals surface area contributed by atoms with Gasteiger partial charge < -0.3 is 20.1 Å². The molecule has 0 radical (unpaired) electrons. The Labute approximate surface area is 219 Å². The van der Waals surface area contributed by atoms with E-state index >= 15 is 0 Å². The molecule has 0 atom stereocenters. The number of aliphatic hydroxyl groups is 3. The van der Waals surface area contributed by atoms with Crippen LogP contribution in [0.25, 0.3) is 5.57 Å². The summed E-state index contributed by atoms with van der Waals surface area (Å²) in [5, 5.41) is 28.1. The smallest absolute Gasteiger partial charge is 0.457 e. The molecule has 39 heavy (non-hydrogen) atoms. The van der Waals surface area contributed by atoms with Gasteiger partial charge in [-0.3, -0.25) is 0 Å². The van der Waals surface area contributed by atoms with Gasteiger partial charge in [-0.15, -0.1) is 11.3 Å². The molecule has 0 spiro atoms. The van der Waals surface area contributed by atoms with Crippen molar-refractivity contribution in [1.82, 2.24) is 0 Å². The van der Waals surface area contributed by atoms with E-state index in [1.165, 1.54) is 31.2 Å². The Morgan fingerprint density at radius 3 is 1.90 bits per heavy atom. The summed E-state index contributed by atoms with van der Waals surface area (Å²) < 4.78 is 137. The second-order valence-corrected chi connectivity index (χ2v) is 9.28. The van der Waals surface area contributed by atoms with Crippen LogP contribution in [0.2, 0.25) is 0 Å². The van der Waals surface area contributed by atoms with Crippen LogP contribution in [0.3, 0.4) is 0 Å². The van der Waals surface area contributed by atoms with E-state index < -0.39 is 35.9 Å². The molecule has 0 aliphatic rings. The molecular formula is C24H22F10O4S. The topological polar surface area (TPSA) is 69.9 Å². The minimum absolute atomic E-state index is 0.0177. The van der Waals surface area contributed by atoms with E-state index in [2.05, 4.69) is 0 Å². The summed E-state index contributed by atoms with van der Waals surface area (Å²) in [6, 6.07) is 7.60. The largest absolute Gasteiger partial charge is 0.488 e. The summed E-state index contributed by atoms with van der Waals surface area (Å²) >= 11 is 1.04. The van der Waals surface area contributed by atoms with Crippen molar-refractivity contribution in [1.29, 1.82) is 0 Å². The van der Waals surface area contributed by atoms with Crippen molar-refractivity contribution in [2.45, 2.75) is 63.0 Å². The van der Waals surface area contributed by atoms with E-state index in [9.17, 15) is 59.2 Å². The highest BCUT2D eigenvalue weighted by molar-refractivity contribution is 7.13. The van der Waals surface area contributed by atoms with Gasteiger partial charge in [0.1, 0.15) is 12.4 Å². The molecule has 3 N–H and O–H groups in total. The predicted octanol–water partition coefficient (Wildman–Crippen LogP) is 6.79. The molecule has 0 fully saturated rings. The number of halogens is 10. The molecule has 0 saturated heterocycles. The van der Waals surface area contributed by atoms with Crippen LogP contribution in [0.1, 0.15) is 34.2 Å². The van der Waals surface area contributed by atoms with Crippen molar-refractivity contribution in [2.24, 2.45) is 0 Å². The first-order chi connectivity index (χ1) is 17.9. The molecule has 0 aliphatic heterocycles. The summed E-state index contributed by atoms with van der Waals surface area (Å²) in [4.78, 5) is 0.926. The maximum atomic E-state index is 13.8. The van der Waals surface area contributed by atoms with Gasteiger partial charge in [-0.05, 0) is 53.5 Å². The van der Waals surface area contributed by atoms with E-state index in [1.807, 2.05) is 0 Å². The molecule has 218 valence electrons. The molecule has 0 amide bonds. The van der Waals surface area contributed by atoms with Crippen molar-refractivity contribution >= 4 is 16.9 Å². The predicted molar refractivity (Wildman–Crippen MR) is 121 cm³/mol. The number of hydrogen-bond donors (Lipinski definition) is 3. The van der Waals surface area contributed by atoms with Gasteiger partial charge in [-0.2, -0.15) is 43.9 Å². The van der Waals surface area contributed by atoms with Crippen LogP contribution in [-0.2, 0) is 19.8 Å². The summed E-state index contributed by atoms with van der Waals surface area (Å²) in [6.07, 6.45) is -13.9. The summed E-state index contributed by atoms with van der Waals surface area (Å²) in [5.41, 5.74) is -4.90. The Hall–Kier alpha value is -2.62. The first kappa shape index (κ1) is 32.6. The molecule has 1 aromatic heterocycles. The summed E-state index contributed by atoms with van der Waals surface area (Å²) in [6.45, 7) is 0.823. The minimum Gasteiger partial charge on any atom is -0.488 e. The van der Waals surface area contributed by atoms with Gasteiger partial charge in [0, 0.05) is 9.75 Å². The number of ether oxygens (including phenoxy) is 1. The molecule has 2 aromatic rings. The molecule has 1 heterocycles. The van der Waals surface area contributed by atoms with Crippen LogP contribution < -0.4 is 4.74 Å². The van der Waals surface area contributed by atoms with E-state index in [0.717, 1.165) is 17.4 Å². The Morgan fingerprint density at radius 1 is 0.846 bits per heavy atom. The first-order valence-electron chi connectivity index (χ1n) is 10.9. The van der Waals surface area contributed by atoms with Crippen LogP contribution in [0.4, 0.5) is 43.9 Å². The number of aliphatic hydroxyl groups excluding tert-OH is 2.